The van der Waals surface area contributed by atoms with Gasteiger partial charge < -0.3 is 15.4 Å². The van der Waals surface area contributed by atoms with E-state index < -0.39 is 6.23 Å². The molecule has 0 bridgehead atoms. The van der Waals surface area contributed by atoms with E-state index in [1.165, 1.54) is 6.92 Å². The van der Waals surface area contributed by atoms with Gasteiger partial charge in [0.1, 0.15) is 12.0 Å². The average molecular weight is 228 g/mol. The average Bonchev–Trinajstić information content (AvgIpc) is 2.16. The summed E-state index contributed by atoms with van der Waals surface area (Å²) in [5.41, 5.74) is 0. The van der Waals surface area contributed by atoms with Crippen molar-refractivity contribution >= 4 is 11.8 Å². The minimum Gasteiger partial charge on any atom is -0.358 e. The molecule has 0 aromatic rings. The third kappa shape index (κ3) is 2.72. The van der Waals surface area contributed by atoms with Crippen molar-refractivity contribution in [1.82, 2.24) is 10.6 Å². The molecule has 92 valence electrons. The number of Topliss-reactive ketones (excluding diaryl/α,β-unsaturated/α-hetero) is 1. The van der Waals surface area contributed by atoms with Crippen LogP contribution in [0, 0.1) is 11.8 Å². The smallest absolute Gasteiger partial charge is 0.317 e. The highest BCUT2D eigenvalue weighted by atomic mass is 16.5. The van der Waals surface area contributed by atoms with Gasteiger partial charge in [-0.15, -0.1) is 0 Å². The maximum Gasteiger partial charge on any atom is 0.317 e. The summed E-state index contributed by atoms with van der Waals surface area (Å²) in [5.74, 6) is -0.0924. The third-order valence-corrected chi connectivity index (χ3v) is 2.82. The lowest BCUT2D eigenvalue weighted by molar-refractivity contribution is -0.130. The Morgan fingerprint density at radius 1 is 1.44 bits per heavy atom. The topological polar surface area (TPSA) is 67.4 Å². The third-order valence-electron chi connectivity index (χ3n) is 2.82. The fourth-order valence-corrected chi connectivity index (χ4v) is 2.06. The highest BCUT2D eigenvalue weighted by molar-refractivity contribution is 5.84. The van der Waals surface area contributed by atoms with Crippen LogP contribution in [-0.4, -0.2) is 30.7 Å². The molecule has 0 spiro atoms. The van der Waals surface area contributed by atoms with Crippen molar-refractivity contribution < 1.29 is 14.3 Å². The van der Waals surface area contributed by atoms with Gasteiger partial charge in [0.25, 0.3) is 0 Å². The summed E-state index contributed by atoms with van der Waals surface area (Å²) in [5, 5.41) is 5.43. The van der Waals surface area contributed by atoms with E-state index in [2.05, 4.69) is 10.6 Å². The minimum absolute atomic E-state index is 0.0321. The molecule has 1 aliphatic heterocycles. The first-order chi connectivity index (χ1) is 7.47. The van der Waals surface area contributed by atoms with Crippen molar-refractivity contribution in [3.05, 3.63) is 0 Å². The van der Waals surface area contributed by atoms with Gasteiger partial charge in [0.2, 0.25) is 0 Å². The number of rotatable bonds is 4. The molecule has 5 heteroatoms. The molecular formula is C11H20N2O3. The molecule has 3 atom stereocenters. The summed E-state index contributed by atoms with van der Waals surface area (Å²) >= 11 is 0. The van der Waals surface area contributed by atoms with E-state index in [1.807, 2.05) is 20.8 Å². The van der Waals surface area contributed by atoms with Crippen LogP contribution >= 0.6 is 0 Å². The summed E-state index contributed by atoms with van der Waals surface area (Å²) in [6.07, 6.45) is -0.511. The van der Waals surface area contributed by atoms with Gasteiger partial charge in [-0.05, 0) is 19.8 Å². The fourth-order valence-electron chi connectivity index (χ4n) is 2.06. The maximum atomic E-state index is 11.6. The van der Waals surface area contributed by atoms with Crippen molar-refractivity contribution in [2.24, 2.45) is 11.8 Å². The molecule has 0 aromatic carbocycles. The lowest BCUT2D eigenvalue weighted by Gasteiger charge is -2.39. The van der Waals surface area contributed by atoms with E-state index in [0.29, 0.717) is 6.61 Å². The number of amides is 2. The normalized spacial score (nSPS) is 29.8. The van der Waals surface area contributed by atoms with Crippen LogP contribution in [0.5, 0.6) is 0 Å². The summed E-state index contributed by atoms with van der Waals surface area (Å²) < 4.78 is 5.41. The Hall–Kier alpha value is -1.10. The minimum atomic E-state index is -0.511. The predicted molar refractivity (Wildman–Crippen MR) is 59.9 cm³/mol. The Labute approximate surface area is 95.9 Å². The molecule has 1 rings (SSSR count). The molecule has 0 radical (unpaired) electrons. The van der Waals surface area contributed by atoms with Crippen LogP contribution in [0.4, 0.5) is 4.79 Å². The molecule has 0 saturated carbocycles. The van der Waals surface area contributed by atoms with Gasteiger partial charge in [-0.2, -0.15) is 0 Å². The number of hydrogen-bond acceptors (Lipinski definition) is 3. The number of hydrogen-bond donors (Lipinski definition) is 2. The van der Waals surface area contributed by atoms with Gasteiger partial charge in [-0.1, -0.05) is 13.8 Å². The van der Waals surface area contributed by atoms with Crippen molar-refractivity contribution in [3.63, 3.8) is 0 Å². The molecule has 1 aliphatic rings. The van der Waals surface area contributed by atoms with Gasteiger partial charge in [0, 0.05) is 12.6 Å². The first-order valence-corrected chi connectivity index (χ1v) is 5.66. The quantitative estimate of drug-likeness (QED) is 0.751. The summed E-state index contributed by atoms with van der Waals surface area (Å²) in [6, 6.07) is -0.433. The highest BCUT2D eigenvalue weighted by Gasteiger charge is 2.41. The van der Waals surface area contributed by atoms with Crippen molar-refractivity contribution in [3.8, 4) is 0 Å². The van der Waals surface area contributed by atoms with Crippen molar-refractivity contribution in [2.45, 2.75) is 40.0 Å². The molecular weight excluding hydrogens is 208 g/mol. The second-order valence-corrected chi connectivity index (χ2v) is 4.40. The van der Waals surface area contributed by atoms with E-state index >= 15 is 0 Å². The number of ketones is 1. The maximum absolute atomic E-state index is 11.6. The van der Waals surface area contributed by atoms with Crippen LogP contribution in [0.2, 0.25) is 0 Å². The second kappa shape index (κ2) is 5.30. The van der Waals surface area contributed by atoms with Gasteiger partial charge in [-0.3, -0.25) is 4.79 Å². The van der Waals surface area contributed by atoms with Crippen LogP contribution in [0.25, 0.3) is 0 Å². The predicted octanol–water partition coefficient (Wildman–Crippen LogP) is 0.892. The summed E-state index contributed by atoms with van der Waals surface area (Å²) in [4.78, 5) is 23.1. The molecule has 2 amide bonds. The van der Waals surface area contributed by atoms with Crippen LogP contribution in [0.3, 0.4) is 0 Å². The molecule has 1 heterocycles. The van der Waals surface area contributed by atoms with Gasteiger partial charge in [-0.25, -0.2) is 4.79 Å². The van der Waals surface area contributed by atoms with Crippen LogP contribution < -0.4 is 10.6 Å². The SMILES string of the molecule is CCOC1NC(=O)NC(C(C)C)C1C(C)=O. The first-order valence-electron chi connectivity index (χ1n) is 5.66. The number of carbonyl (C=O) groups is 2. The first kappa shape index (κ1) is 13.0. The zero-order chi connectivity index (χ0) is 12.3. The molecule has 5 nitrogen and oxygen atoms in total. The van der Waals surface area contributed by atoms with Crippen molar-refractivity contribution in [1.29, 1.82) is 0 Å². The molecule has 3 unspecified atom stereocenters. The molecule has 0 aliphatic carbocycles. The molecule has 1 fully saturated rings. The van der Waals surface area contributed by atoms with E-state index in [0.717, 1.165) is 0 Å². The van der Waals surface area contributed by atoms with E-state index in [1.54, 1.807) is 0 Å². The molecule has 1 saturated heterocycles. The number of nitrogens with one attached hydrogen (secondary N) is 2. The number of carbonyl (C=O) groups excluding carboxylic acids is 2. The zero-order valence-electron chi connectivity index (χ0n) is 10.2. The second-order valence-electron chi connectivity index (χ2n) is 4.40. The van der Waals surface area contributed by atoms with Gasteiger partial charge in [0.05, 0.1) is 5.92 Å². The van der Waals surface area contributed by atoms with Gasteiger partial charge in [0.15, 0.2) is 0 Å². The van der Waals surface area contributed by atoms with Crippen LogP contribution in [-0.2, 0) is 9.53 Å². The highest BCUT2D eigenvalue weighted by Crippen LogP contribution is 2.22. The molecule has 0 aromatic heterocycles. The van der Waals surface area contributed by atoms with E-state index in [4.69, 9.17) is 4.74 Å². The Bertz CT molecular complexity index is 278. The number of urea groups is 1. The fraction of sp³-hybridized carbons (Fsp3) is 0.818. The Kier molecular flexibility index (Phi) is 4.29. The van der Waals surface area contributed by atoms with Gasteiger partial charge >= 0.3 is 6.03 Å². The van der Waals surface area contributed by atoms with Crippen molar-refractivity contribution in [2.75, 3.05) is 6.61 Å². The van der Waals surface area contributed by atoms with E-state index in [-0.39, 0.29) is 29.7 Å². The standard InChI is InChI=1S/C11H20N2O3/c1-5-16-10-8(7(4)14)9(6(2)3)12-11(15)13-10/h6,8-10H,5H2,1-4H3,(H2,12,13,15). The summed E-state index contributed by atoms with van der Waals surface area (Å²) in [6.45, 7) is 7.81. The Morgan fingerprint density at radius 3 is 2.50 bits per heavy atom. The lowest BCUT2D eigenvalue weighted by Crippen LogP contribution is -2.64. The van der Waals surface area contributed by atoms with E-state index in [9.17, 15) is 9.59 Å². The van der Waals surface area contributed by atoms with Crippen LogP contribution in [0.15, 0.2) is 0 Å². The Morgan fingerprint density at radius 2 is 2.06 bits per heavy atom. The molecule has 2 N–H and O–H groups in total. The number of ether oxygens (including phenoxy) is 1. The van der Waals surface area contributed by atoms with Crippen LogP contribution in [0.1, 0.15) is 27.7 Å². The lowest BCUT2D eigenvalue weighted by atomic mass is 9.85. The monoisotopic (exact) mass is 228 g/mol. The zero-order valence-corrected chi connectivity index (χ0v) is 10.2. The molecule has 16 heavy (non-hydrogen) atoms. The largest absolute Gasteiger partial charge is 0.358 e. The summed E-state index contributed by atoms with van der Waals surface area (Å²) in [7, 11) is 0. The Balaban J connectivity index is 2.89.